The van der Waals surface area contributed by atoms with E-state index < -0.39 is 0 Å². The van der Waals surface area contributed by atoms with Crippen molar-refractivity contribution in [2.24, 2.45) is 0 Å². The van der Waals surface area contributed by atoms with Crippen molar-refractivity contribution < 1.29 is 4.39 Å². The molecule has 0 aliphatic rings. The second-order valence-electron chi connectivity index (χ2n) is 4.80. The highest BCUT2D eigenvalue weighted by Gasteiger charge is 2.12. The SMILES string of the molecule is CCn1nc(C)c2ncnc(NCc3ccc(F)cc3)c21. The quantitative estimate of drug-likeness (QED) is 0.801. The highest BCUT2D eigenvalue weighted by atomic mass is 19.1. The molecular formula is C15H16FN5. The third-order valence-electron chi connectivity index (χ3n) is 3.37. The van der Waals surface area contributed by atoms with Crippen LogP contribution in [0.5, 0.6) is 0 Å². The lowest BCUT2D eigenvalue weighted by atomic mass is 10.2. The van der Waals surface area contributed by atoms with E-state index in [0.29, 0.717) is 6.54 Å². The zero-order valence-electron chi connectivity index (χ0n) is 12.0. The van der Waals surface area contributed by atoms with Gasteiger partial charge >= 0.3 is 0 Å². The first-order chi connectivity index (χ1) is 10.2. The molecule has 1 aromatic carbocycles. The average Bonchev–Trinajstić information content (AvgIpc) is 2.84. The number of hydrogen-bond acceptors (Lipinski definition) is 4. The van der Waals surface area contributed by atoms with Crippen LogP contribution in [-0.4, -0.2) is 19.7 Å². The van der Waals surface area contributed by atoms with Crippen LogP contribution < -0.4 is 5.32 Å². The summed E-state index contributed by atoms with van der Waals surface area (Å²) >= 11 is 0. The maximum atomic E-state index is 12.9. The number of aromatic nitrogens is 4. The zero-order chi connectivity index (χ0) is 14.8. The van der Waals surface area contributed by atoms with Crippen LogP contribution in [0.4, 0.5) is 10.2 Å². The number of halogens is 1. The summed E-state index contributed by atoms with van der Waals surface area (Å²) < 4.78 is 14.8. The first kappa shape index (κ1) is 13.5. The summed E-state index contributed by atoms with van der Waals surface area (Å²) in [4.78, 5) is 8.60. The second kappa shape index (κ2) is 5.47. The van der Waals surface area contributed by atoms with Crippen molar-refractivity contribution in [2.45, 2.75) is 26.9 Å². The summed E-state index contributed by atoms with van der Waals surface area (Å²) in [7, 11) is 0. The Labute approximate surface area is 121 Å². The highest BCUT2D eigenvalue weighted by Crippen LogP contribution is 2.22. The van der Waals surface area contributed by atoms with E-state index in [1.165, 1.54) is 18.5 Å². The Bertz CT molecular complexity index is 764. The molecule has 0 aliphatic carbocycles. The van der Waals surface area contributed by atoms with E-state index in [4.69, 9.17) is 0 Å². The van der Waals surface area contributed by atoms with Gasteiger partial charge in [-0.2, -0.15) is 5.10 Å². The maximum Gasteiger partial charge on any atom is 0.155 e. The molecule has 2 heterocycles. The van der Waals surface area contributed by atoms with Crippen molar-refractivity contribution in [3.63, 3.8) is 0 Å². The summed E-state index contributed by atoms with van der Waals surface area (Å²) in [6, 6.07) is 6.41. The van der Waals surface area contributed by atoms with E-state index in [1.807, 2.05) is 18.5 Å². The van der Waals surface area contributed by atoms with Gasteiger partial charge in [0.15, 0.2) is 5.82 Å². The van der Waals surface area contributed by atoms with Gasteiger partial charge in [0, 0.05) is 13.1 Å². The highest BCUT2D eigenvalue weighted by molar-refractivity contribution is 5.87. The fraction of sp³-hybridized carbons (Fsp3) is 0.267. The minimum atomic E-state index is -0.233. The van der Waals surface area contributed by atoms with Gasteiger partial charge in [-0.15, -0.1) is 0 Å². The molecular weight excluding hydrogens is 269 g/mol. The van der Waals surface area contributed by atoms with Crippen LogP contribution in [0.1, 0.15) is 18.2 Å². The molecule has 0 spiro atoms. The predicted octanol–water partition coefficient (Wildman–Crippen LogP) is 2.91. The van der Waals surface area contributed by atoms with Crippen LogP contribution in [0.3, 0.4) is 0 Å². The van der Waals surface area contributed by atoms with Crippen molar-refractivity contribution in [2.75, 3.05) is 5.32 Å². The number of nitrogens with one attached hydrogen (secondary N) is 1. The lowest BCUT2D eigenvalue weighted by molar-refractivity contribution is 0.627. The number of hydrogen-bond donors (Lipinski definition) is 1. The van der Waals surface area contributed by atoms with Crippen LogP contribution >= 0.6 is 0 Å². The molecule has 3 aromatic rings. The summed E-state index contributed by atoms with van der Waals surface area (Å²) in [5.74, 6) is 0.509. The molecule has 0 unspecified atom stereocenters. The first-order valence-corrected chi connectivity index (χ1v) is 6.85. The number of rotatable bonds is 4. The first-order valence-electron chi connectivity index (χ1n) is 6.85. The van der Waals surface area contributed by atoms with Crippen LogP contribution in [0.2, 0.25) is 0 Å². The van der Waals surface area contributed by atoms with Gasteiger partial charge in [-0.25, -0.2) is 14.4 Å². The molecule has 0 radical (unpaired) electrons. The smallest absolute Gasteiger partial charge is 0.155 e. The molecule has 1 N–H and O–H groups in total. The molecule has 0 saturated carbocycles. The molecule has 6 heteroatoms. The van der Waals surface area contributed by atoms with Crippen molar-refractivity contribution >= 4 is 16.9 Å². The molecule has 0 fully saturated rings. The largest absolute Gasteiger partial charge is 0.364 e. The molecule has 0 bridgehead atoms. The monoisotopic (exact) mass is 285 g/mol. The van der Waals surface area contributed by atoms with Crippen LogP contribution in [-0.2, 0) is 13.1 Å². The van der Waals surface area contributed by atoms with Crippen molar-refractivity contribution in [1.29, 1.82) is 0 Å². The average molecular weight is 285 g/mol. The minimum absolute atomic E-state index is 0.233. The van der Waals surface area contributed by atoms with Crippen LogP contribution in [0, 0.1) is 12.7 Å². The molecule has 0 atom stereocenters. The van der Waals surface area contributed by atoms with Crippen LogP contribution in [0.25, 0.3) is 11.0 Å². The van der Waals surface area contributed by atoms with E-state index in [2.05, 4.69) is 20.4 Å². The molecule has 0 saturated heterocycles. The lowest BCUT2D eigenvalue weighted by Gasteiger charge is -2.08. The van der Waals surface area contributed by atoms with E-state index >= 15 is 0 Å². The third kappa shape index (κ3) is 2.56. The Hall–Kier alpha value is -2.50. The Kier molecular flexibility index (Phi) is 3.51. The number of nitrogens with zero attached hydrogens (tertiary/aromatic N) is 4. The zero-order valence-corrected chi connectivity index (χ0v) is 12.0. The Morgan fingerprint density at radius 2 is 1.95 bits per heavy atom. The number of fused-ring (bicyclic) bond motifs is 1. The molecule has 5 nitrogen and oxygen atoms in total. The second-order valence-corrected chi connectivity index (χ2v) is 4.80. The van der Waals surface area contributed by atoms with Gasteiger partial charge in [-0.05, 0) is 31.5 Å². The van der Waals surface area contributed by atoms with Gasteiger partial charge in [0.05, 0.1) is 5.69 Å². The van der Waals surface area contributed by atoms with E-state index in [9.17, 15) is 4.39 Å². The topological polar surface area (TPSA) is 55.6 Å². The van der Waals surface area contributed by atoms with Crippen molar-refractivity contribution in [3.8, 4) is 0 Å². The van der Waals surface area contributed by atoms with Gasteiger partial charge in [0.25, 0.3) is 0 Å². The molecule has 3 rings (SSSR count). The Morgan fingerprint density at radius 1 is 1.19 bits per heavy atom. The molecule has 108 valence electrons. The molecule has 21 heavy (non-hydrogen) atoms. The van der Waals surface area contributed by atoms with E-state index in [-0.39, 0.29) is 5.82 Å². The summed E-state index contributed by atoms with van der Waals surface area (Å²) in [6.07, 6.45) is 1.53. The van der Waals surface area contributed by atoms with Gasteiger partial charge in [-0.1, -0.05) is 12.1 Å². The maximum absolute atomic E-state index is 12.9. The number of aryl methyl sites for hydroxylation is 2. The van der Waals surface area contributed by atoms with Gasteiger partial charge in [-0.3, -0.25) is 4.68 Å². The van der Waals surface area contributed by atoms with Crippen molar-refractivity contribution in [1.82, 2.24) is 19.7 Å². The molecule has 0 aliphatic heterocycles. The van der Waals surface area contributed by atoms with Gasteiger partial charge in [0.1, 0.15) is 23.2 Å². The molecule has 2 aromatic heterocycles. The van der Waals surface area contributed by atoms with Gasteiger partial charge < -0.3 is 5.32 Å². The van der Waals surface area contributed by atoms with E-state index in [1.54, 1.807) is 12.1 Å². The number of anilines is 1. The third-order valence-corrected chi connectivity index (χ3v) is 3.37. The fourth-order valence-electron chi connectivity index (χ4n) is 2.31. The minimum Gasteiger partial charge on any atom is -0.364 e. The van der Waals surface area contributed by atoms with Crippen LogP contribution in [0.15, 0.2) is 30.6 Å². The normalized spacial score (nSPS) is 11.0. The fourth-order valence-corrected chi connectivity index (χ4v) is 2.31. The summed E-state index contributed by atoms with van der Waals surface area (Å²) in [5, 5.41) is 7.74. The Balaban J connectivity index is 1.91. The summed E-state index contributed by atoms with van der Waals surface area (Å²) in [6.45, 7) is 5.29. The van der Waals surface area contributed by atoms with Crippen molar-refractivity contribution in [3.05, 3.63) is 47.7 Å². The lowest BCUT2D eigenvalue weighted by Crippen LogP contribution is -2.05. The standard InChI is InChI=1S/C15H16FN5/c1-3-21-14-13(10(2)20-21)18-9-19-15(14)17-8-11-4-6-12(16)7-5-11/h4-7,9H,3,8H2,1-2H3,(H,17,18,19). The van der Waals surface area contributed by atoms with E-state index in [0.717, 1.165) is 34.7 Å². The van der Waals surface area contributed by atoms with Gasteiger partial charge in [0.2, 0.25) is 0 Å². The predicted molar refractivity (Wildman–Crippen MR) is 79.5 cm³/mol. The summed E-state index contributed by atoms with van der Waals surface area (Å²) in [5.41, 5.74) is 3.63. The molecule has 0 amide bonds. The number of benzene rings is 1. The Morgan fingerprint density at radius 3 is 2.67 bits per heavy atom.